The highest BCUT2D eigenvalue weighted by molar-refractivity contribution is 6.35. The van der Waals surface area contributed by atoms with Crippen LogP contribution < -0.4 is 0 Å². The molecule has 1 atom stereocenters. The summed E-state index contributed by atoms with van der Waals surface area (Å²) in [6.07, 6.45) is 8.14. The largest absolute Gasteiger partial charge is 0.109 e. The topological polar surface area (TPSA) is 0 Å². The van der Waals surface area contributed by atoms with E-state index in [0.717, 1.165) is 5.92 Å². The van der Waals surface area contributed by atoms with E-state index < -0.39 is 0 Å². The third-order valence-electron chi connectivity index (χ3n) is 2.20. The first-order valence-corrected chi connectivity index (χ1v) is 5.12. The molecule has 0 saturated carbocycles. The molecular weight excluding hydrogens is 131 g/mol. The summed E-state index contributed by atoms with van der Waals surface area (Å²) in [5.74, 6) is 0.942. The Morgan fingerprint density at radius 3 is 2.45 bits per heavy atom. The van der Waals surface area contributed by atoms with Crippen molar-refractivity contribution in [1.82, 2.24) is 0 Å². The fourth-order valence-corrected chi connectivity index (χ4v) is 1.30. The third-order valence-corrected chi connectivity index (χ3v) is 2.20. The standard InChI is InChI=1S/C10H22B/c1-4-6-7-10(3)8-9-11-5-2/h10H,4-9H2,1-3H3. The van der Waals surface area contributed by atoms with Crippen LogP contribution in [0.4, 0.5) is 0 Å². The summed E-state index contributed by atoms with van der Waals surface area (Å²) in [5.41, 5.74) is 0. The van der Waals surface area contributed by atoms with Gasteiger partial charge >= 0.3 is 0 Å². The highest BCUT2D eigenvalue weighted by atomic mass is 14.0. The quantitative estimate of drug-likeness (QED) is 0.385. The molecule has 0 bridgehead atoms. The molecule has 0 aliphatic carbocycles. The Hall–Kier alpha value is 0.0649. The summed E-state index contributed by atoms with van der Waals surface area (Å²) in [7, 11) is 2.39. The van der Waals surface area contributed by atoms with Crippen molar-refractivity contribution in [2.75, 3.05) is 0 Å². The Labute approximate surface area is 73.0 Å². The molecule has 0 aliphatic heterocycles. The zero-order valence-electron chi connectivity index (χ0n) is 8.40. The van der Waals surface area contributed by atoms with Crippen LogP contribution >= 0.6 is 0 Å². The molecule has 0 rings (SSSR count). The van der Waals surface area contributed by atoms with Crippen molar-refractivity contribution in [3.8, 4) is 0 Å². The fourth-order valence-electron chi connectivity index (χ4n) is 1.30. The Kier molecular flexibility index (Phi) is 8.21. The van der Waals surface area contributed by atoms with Gasteiger partial charge in [0, 0.05) is 0 Å². The normalized spacial score (nSPS) is 13.0. The minimum atomic E-state index is 0.942. The third kappa shape index (κ3) is 7.97. The van der Waals surface area contributed by atoms with E-state index in [1.54, 1.807) is 0 Å². The van der Waals surface area contributed by atoms with E-state index in [-0.39, 0.29) is 0 Å². The van der Waals surface area contributed by atoms with Gasteiger partial charge in [-0.25, -0.2) is 0 Å². The van der Waals surface area contributed by atoms with Crippen molar-refractivity contribution in [1.29, 1.82) is 0 Å². The first-order valence-electron chi connectivity index (χ1n) is 5.12. The van der Waals surface area contributed by atoms with Gasteiger partial charge in [0.05, 0.1) is 0 Å². The Morgan fingerprint density at radius 2 is 1.91 bits per heavy atom. The predicted octanol–water partition coefficient (Wildman–Crippen LogP) is 3.76. The minimum absolute atomic E-state index is 0.942. The monoisotopic (exact) mass is 153 g/mol. The van der Waals surface area contributed by atoms with E-state index in [1.165, 1.54) is 38.3 Å². The van der Waals surface area contributed by atoms with Gasteiger partial charge in [0.25, 0.3) is 0 Å². The second kappa shape index (κ2) is 8.16. The van der Waals surface area contributed by atoms with Crippen LogP contribution in [-0.2, 0) is 0 Å². The smallest absolute Gasteiger partial charge is 0.0831 e. The summed E-state index contributed by atoms with van der Waals surface area (Å²) in [6.45, 7) is 6.86. The highest BCUT2D eigenvalue weighted by Gasteiger charge is 2.00. The lowest BCUT2D eigenvalue weighted by atomic mass is 9.69. The van der Waals surface area contributed by atoms with Crippen LogP contribution in [0.25, 0.3) is 0 Å². The predicted molar refractivity (Wildman–Crippen MR) is 54.3 cm³/mol. The second-order valence-electron chi connectivity index (χ2n) is 3.52. The number of unbranched alkanes of at least 4 members (excludes halogenated alkanes) is 1. The van der Waals surface area contributed by atoms with Crippen LogP contribution in [0, 0.1) is 5.92 Å². The van der Waals surface area contributed by atoms with Gasteiger partial charge < -0.3 is 0 Å². The molecule has 11 heavy (non-hydrogen) atoms. The van der Waals surface area contributed by atoms with Crippen LogP contribution in [0.15, 0.2) is 0 Å². The lowest BCUT2D eigenvalue weighted by Crippen LogP contribution is -1.96. The van der Waals surface area contributed by atoms with Gasteiger partial charge in [0.1, 0.15) is 7.28 Å². The zero-order chi connectivity index (χ0) is 8.53. The fraction of sp³-hybridized carbons (Fsp3) is 1.00. The van der Waals surface area contributed by atoms with Crippen LogP contribution in [0.3, 0.4) is 0 Å². The summed E-state index contributed by atoms with van der Waals surface area (Å²) in [6, 6.07) is 0. The van der Waals surface area contributed by atoms with E-state index >= 15 is 0 Å². The summed E-state index contributed by atoms with van der Waals surface area (Å²) in [5, 5.41) is 0. The molecule has 0 spiro atoms. The SMILES string of the molecule is CC[B]CCC(C)CCCC. The Bertz CT molecular complexity index is 71.3. The van der Waals surface area contributed by atoms with Gasteiger partial charge in [0.2, 0.25) is 0 Å². The van der Waals surface area contributed by atoms with E-state index in [2.05, 4.69) is 28.1 Å². The van der Waals surface area contributed by atoms with E-state index in [4.69, 9.17) is 0 Å². The van der Waals surface area contributed by atoms with Crippen LogP contribution in [-0.4, -0.2) is 7.28 Å². The molecule has 0 fully saturated rings. The van der Waals surface area contributed by atoms with Crippen LogP contribution in [0.1, 0.15) is 46.5 Å². The molecule has 1 unspecified atom stereocenters. The van der Waals surface area contributed by atoms with Crippen molar-refractivity contribution in [2.45, 2.75) is 59.1 Å². The molecule has 0 N–H and O–H groups in total. The van der Waals surface area contributed by atoms with Gasteiger partial charge in [0.15, 0.2) is 0 Å². The molecule has 0 aromatic carbocycles. The molecule has 0 aromatic heterocycles. The minimum Gasteiger partial charge on any atom is -0.0831 e. The molecule has 1 heteroatoms. The van der Waals surface area contributed by atoms with Crippen molar-refractivity contribution < 1.29 is 0 Å². The van der Waals surface area contributed by atoms with Crippen molar-refractivity contribution in [2.24, 2.45) is 5.92 Å². The lowest BCUT2D eigenvalue weighted by Gasteiger charge is -2.08. The molecular formula is C10H22B. The summed E-state index contributed by atoms with van der Waals surface area (Å²) in [4.78, 5) is 0. The van der Waals surface area contributed by atoms with Crippen molar-refractivity contribution >= 4 is 7.28 Å². The maximum atomic E-state index is 2.39. The number of hydrogen-bond acceptors (Lipinski definition) is 0. The molecule has 0 aliphatic rings. The summed E-state index contributed by atoms with van der Waals surface area (Å²) >= 11 is 0. The number of hydrogen-bond donors (Lipinski definition) is 0. The van der Waals surface area contributed by atoms with Gasteiger partial charge in [-0.1, -0.05) is 59.1 Å². The van der Waals surface area contributed by atoms with Gasteiger partial charge in [-0.2, -0.15) is 0 Å². The lowest BCUT2D eigenvalue weighted by molar-refractivity contribution is 0.491. The van der Waals surface area contributed by atoms with Gasteiger partial charge in [-0.15, -0.1) is 0 Å². The molecule has 1 radical (unpaired) electrons. The van der Waals surface area contributed by atoms with E-state index in [9.17, 15) is 0 Å². The molecule has 65 valence electrons. The molecule has 0 saturated heterocycles. The van der Waals surface area contributed by atoms with Crippen molar-refractivity contribution in [3.05, 3.63) is 0 Å². The van der Waals surface area contributed by atoms with Crippen LogP contribution in [0.5, 0.6) is 0 Å². The Balaban J connectivity index is 3.02. The van der Waals surface area contributed by atoms with Gasteiger partial charge in [-0.05, 0) is 5.92 Å². The zero-order valence-corrected chi connectivity index (χ0v) is 8.40. The number of rotatable bonds is 7. The molecule has 0 nitrogen and oxygen atoms in total. The highest BCUT2D eigenvalue weighted by Crippen LogP contribution is 2.13. The average Bonchev–Trinajstić information content (AvgIpc) is 2.01. The average molecular weight is 153 g/mol. The second-order valence-corrected chi connectivity index (χ2v) is 3.52. The van der Waals surface area contributed by atoms with Crippen molar-refractivity contribution in [3.63, 3.8) is 0 Å². The van der Waals surface area contributed by atoms with E-state index in [1.807, 2.05) is 0 Å². The first-order chi connectivity index (χ1) is 5.31. The molecule has 0 amide bonds. The first kappa shape index (κ1) is 11.1. The molecule has 0 aromatic rings. The maximum Gasteiger partial charge on any atom is 0.109 e. The van der Waals surface area contributed by atoms with Gasteiger partial charge in [-0.3, -0.25) is 0 Å². The maximum absolute atomic E-state index is 2.39. The Morgan fingerprint density at radius 1 is 1.18 bits per heavy atom. The van der Waals surface area contributed by atoms with E-state index in [0.29, 0.717) is 0 Å². The molecule has 0 heterocycles. The van der Waals surface area contributed by atoms with Crippen LogP contribution in [0.2, 0.25) is 12.6 Å². The summed E-state index contributed by atoms with van der Waals surface area (Å²) < 4.78 is 0.